The number of hydrogen-bond donors (Lipinski definition) is 2. The molecular formula is C11H13ClN2. The number of rotatable bonds is 1. The zero-order chi connectivity index (χ0) is 10.3. The van der Waals surface area contributed by atoms with Crippen LogP contribution in [0.15, 0.2) is 18.2 Å². The number of fused-ring (bicyclic) bond motifs is 1. The summed E-state index contributed by atoms with van der Waals surface area (Å²) in [5, 5.41) is 1.94. The van der Waals surface area contributed by atoms with Crippen LogP contribution in [0.4, 0.5) is 0 Å². The van der Waals surface area contributed by atoms with E-state index >= 15 is 0 Å². The van der Waals surface area contributed by atoms with E-state index in [1.807, 2.05) is 25.1 Å². The fourth-order valence-corrected chi connectivity index (χ4v) is 1.96. The van der Waals surface area contributed by atoms with Gasteiger partial charge in [0.15, 0.2) is 0 Å². The molecule has 1 aromatic carbocycles. The van der Waals surface area contributed by atoms with Crippen molar-refractivity contribution in [1.82, 2.24) is 4.98 Å². The van der Waals surface area contributed by atoms with Crippen molar-refractivity contribution in [3.8, 4) is 0 Å². The minimum absolute atomic E-state index is 0.0289. The number of benzene rings is 1. The zero-order valence-electron chi connectivity index (χ0n) is 8.26. The molecule has 1 aromatic heterocycles. The van der Waals surface area contributed by atoms with Gasteiger partial charge in [-0.3, -0.25) is 0 Å². The molecule has 0 fully saturated rings. The molecule has 74 valence electrons. The number of aromatic amines is 1. The van der Waals surface area contributed by atoms with Crippen molar-refractivity contribution in [2.24, 2.45) is 5.73 Å². The molecule has 0 saturated heterocycles. The molecule has 3 N–H and O–H groups in total. The smallest absolute Gasteiger partial charge is 0.0474 e. The molecule has 1 heterocycles. The minimum atomic E-state index is 0.0289. The quantitative estimate of drug-likeness (QED) is 0.743. The van der Waals surface area contributed by atoms with Crippen molar-refractivity contribution in [1.29, 1.82) is 0 Å². The third-order valence-electron chi connectivity index (χ3n) is 2.51. The molecule has 1 unspecified atom stereocenters. The van der Waals surface area contributed by atoms with Gasteiger partial charge in [-0.2, -0.15) is 0 Å². The van der Waals surface area contributed by atoms with Crippen molar-refractivity contribution < 1.29 is 0 Å². The number of hydrogen-bond acceptors (Lipinski definition) is 1. The summed E-state index contributed by atoms with van der Waals surface area (Å²) in [7, 11) is 0. The van der Waals surface area contributed by atoms with Crippen LogP contribution in [0, 0.1) is 6.92 Å². The highest BCUT2D eigenvalue weighted by atomic mass is 35.5. The molecule has 0 spiro atoms. The lowest BCUT2D eigenvalue weighted by molar-refractivity contribution is 0.785. The van der Waals surface area contributed by atoms with Crippen molar-refractivity contribution in [3.63, 3.8) is 0 Å². The average molecular weight is 209 g/mol. The lowest BCUT2D eigenvalue weighted by Gasteiger charge is -2.02. The molecular weight excluding hydrogens is 196 g/mol. The van der Waals surface area contributed by atoms with Crippen molar-refractivity contribution in [2.75, 3.05) is 0 Å². The van der Waals surface area contributed by atoms with Gasteiger partial charge in [-0.15, -0.1) is 0 Å². The van der Waals surface area contributed by atoms with Crippen LogP contribution in [-0.4, -0.2) is 4.98 Å². The summed E-state index contributed by atoms with van der Waals surface area (Å²) in [5.74, 6) is 0. The maximum Gasteiger partial charge on any atom is 0.0474 e. The van der Waals surface area contributed by atoms with E-state index in [1.165, 1.54) is 10.9 Å². The second-order valence-corrected chi connectivity index (χ2v) is 4.08. The van der Waals surface area contributed by atoms with Crippen LogP contribution in [-0.2, 0) is 0 Å². The number of aryl methyl sites for hydroxylation is 1. The maximum absolute atomic E-state index is 5.91. The first-order valence-electron chi connectivity index (χ1n) is 4.63. The Bertz CT molecular complexity index is 471. The van der Waals surface area contributed by atoms with E-state index in [0.29, 0.717) is 0 Å². The maximum atomic E-state index is 5.91. The van der Waals surface area contributed by atoms with E-state index in [4.69, 9.17) is 17.3 Å². The highest BCUT2D eigenvalue weighted by Crippen LogP contribution is 2.26. The Hall–Kier alpha value is -0.990. The third-order valence-corrected chi connectivity index (χ3v) is 2.75. The third kappa shape index (κ3) is 1.41. The fraction of sp³-hybridized carbons (Fsp3) is 0.273. The van der Waals surface area contributed by atoms with E-state index in [2.05, 4.69) is 11.9 Å². The first-order valence-corrected chi connectivity index (χ1v) is 5.00. The van der Waals surface area contributed by atoms with Crippen LogP contribution in [0.25, 0.3) is 10.9 Å². The number of halogens is 1. The molecule has 2 aromatic rings. The van der Waals surface area contributed by atoms with Gasteiger partial charge in [0.2, 0.25) is 0 Å². The summed E-state index contributed by atoms with van der Waals surface area (Å²) in [6, 6.07) is 5.88. The summed E-state index contributed by atoms with van der Waals surface area (Å²) in [5.41, 5.74) is 9.21. The zero-order valence-corrected chi connectivity index (χ0v) is 9.02. The predicted octanol–water partition coefficient (Wildman–Crippen LogP) is 3.15. The molecule has 0 radical (unpaired) electrons. The summed E-state index contributed by atoms with van der Waals surface area (Å²) in [6.07, 6.45) is 0. The Morgan fingerprint density at radius 2 is 2.14 bits per heavy atom. The van der Waals surface area contributed by atoms with Gasteiger partial charge in [-0.25, -0.2) is 0 Å². The molecule has 1 atom stereocenters. The van der Waals surface area contributed by atoms with Crippen LogP contribution >= 0.6 is 11.6 Å². The predicted molar refractivity (Wildman–Crippen MR) is 60.6 cm³/mol. The number of H-pyrrole nitrogens is 1. The largest absolute Gasteiger partial charge is 0.357 e. The molecule has 0 aliphatic heterocycles. The normalized spacial score (nSPS) is 13.4. The van der Waals surface area contributed by atoms with Gasteiger partial charge in [0.05, 0.1) is 0 Å². The summed E-state index contributed by atoms with van der Waals surface area (Å²) >= 11 is 5.91. The van der Waals surface area contributed by atoms with Crippen molar-refractivity contribution >= 4 is 22.5 Å². The van der Waals surface area contributed by atoms with E-state index in [-0.39, 0.29) is 6.04 Å². The van der Waals surface area contributed by atoms with Gasteiger partial charge in [0, 0.05) is 27.7 Å². The summed E-state index contributed by atoms with van der Waals surface area (Å²) < 4.78 is 0. The molecule has 0 aliphatic carbocycles. The van der Waals surface area contributed by atoms with Crippen LogP contribution in [0.2, 0.25) is 5.02 Å². The second kappa shape index (κ2) is 3.30. The SMILES string of the molecule is Cc1c(C(C)N)[nH]c2cc(Cl)ccc12. The summed E-state index contributed by atoms with van der Waals surface area (Å²) in [4.78, 5) is 3.29. The molecule has 3 heteroatoms. The monoisotopic (exact) mass is 208 g/mol. The number of aromatic nitrogens is 1. The molecule has 0 bridgehead atoms. The van der Waals surface area contributed by atoms with Crippen LogP contribution in [0.1, 0.15) is 24.2 Å². The van der Waals surface area contributed by atoms with Gasteiger partial charge in [-0.05, 0) is 31.5 Å². The Labute approximate surface area is 88.1 Å². The van der Waals surface area contributed by atoms with E-state index in [1.54, 1.807) is 0 Å². The molecule has 14 heavy (non-hydrogen) atoms. The molecule has 2 nitrogen and oxygen atoms in total. The van der Waals surface area contributed by atoms with E-state index in [9.17, 15) is 0 Å². The lowest BCUT2D eigenvalue weighted by Crippen LogP contribution is -2.06. The van der Waals surface area contributed by atoms with Gasteiger partial charge >= 0.3 is 0 Å². The minimum Gasteiger partial charge on any atom is -0.357 e. The second-order valence-electron chi connectivity index (χ2n) is 3.64. The first-order chi connectivity index (χ1) is 6.59. The Morgan fingerprint density at radius 3 is 2.79 bits per heavy atom. The van der Waals surface area contributed by atoms with E-state index in [0.717, 1.165) is 16.2 Å². The van der Waals surface area contributed by atoms with Gasteiger partial charge < -0.3 is 10.7 Å². The average Bonchev–Trinajstić information content (AvgIpc) is 2.43. The lowest BCUT2D eigenvalue weighted by atomic mass is 10.1. The topological polar surface area (TPSA) is 41.8 Å². The van der Waals surface area contributed by atoms with Gasteiger partial charge in [0.1, 0.15) is 0 Å². The van der Waals surface area contributed by atoms with Crippen LogP contribution < -0.4 is 5.73 Å². The van der Waals surface area contributed by atoms with Gasteiger partial charge in [0.25, 0.3) is 0 Å². The van der Waals surface area contributed by atoms with E-state index < -0.39 is 0 Å². The molecule has 2 rings (SSSR count). The van der Waals surface area contributed by atoms with Crippen LogP contribution in [0.5, 0.6) is 0 Å². The Morgan fingerprint density at radius 1 is 1.43 bits per heavy atom. The molecule has 0 saturated carbocycles. The van der Waals surface area contributed by atoms with Crippen LogP contribution in [0.3, 0.4) is 0 Å². The van der Waals surface area contributed by atoms with Crippen molar-refractivity contribution in [2.45, 2.75) is 19.9 Å². The highest BCUT2D eigenvalue weighted by Gasteiger charge is 2.10. The van der Waals surface area contributed by atoms with Crippen molar-refractivity contribution in [3.05, 3.63) is 34.5 Å². The summed E-state index contributed by atoms with van der Waals surface area (Å²) in [6.45, 7) is 4.05. The standard InChI is InChI=1S/C11H13ClN2/c1-6-9-4-3-8(12)5-10(9)14-11(6)7(2)13/h3-5,7,14H,13H2,1-2H3. The number of nitrogens with one attached hydrogen (secondary N) is 1. The number of nitrogens with two attached hydrogens (primary N) is 1. The molecule has 0 aliphatic rings. The fourth-order valence-electron chi connectivity index (χ4n) is 1.79. The first kappa shape index (κ1) is 9.56. The highest BCUT2D eigenvalue weighted by molar-refractivity contribution is 6.31. The van der Waals surface area contributed by atoms with Gasteiger partial charge in [-0.1, -0.05) is 17.7 Å². The Kier molecular flexibility index (Phi) is 2.25. The molecule has 0 amide bonds. The Balaban J connectivity index is 2.73.